The first-order valence-corrected chi connectivity index (χ1v) is 6.84. The van der Waals surface area contributed by atoms with Gasteiger partial charge in [-0.1, -0.05) is 18.2 Å². The molecule has 0 aliphatic heterocycles. The van der Waals surface area contributed by atoms with Gasteiger partial charge < -0.3 is 10.6 Å². The van der Waals surface area contributed by atoms with E-state index in [1.54, 1.807) is 10.9 Å². The average Bonchev–Trinajstić information content (AvgIpc) is 2.87. The number of anilines is 1. The maximum Gasteiger partial charge on any atom is 0.227 e. The minimum atomic E-state index is 0.0871. The fourth-order valence-corrected chi connectivity index (χ4v) is 2.42. The van der Waals surface area contributed by atoms with Crippen LogP contribution in [0.3, 0.4) is 0 Å². The molecule has 5 nitrogen and oxygen atoms in total. The van der Waals surface area contributed by atoms with Crippen LogP contribution < -0.4 is 10.6 Å². The first kappa shape index (κ1) is 12.9. The molecule has 1 amide bonds. The normalized spacial score (nSPS) is 21.2. The van der Waals surface area contributed by atoms with Gasteiger partial charge in [0.2, 0.25) is 5.91 Å². The summed E-state index contributed by atoms with van der Waals surface area (Å²) in [7, 11) is 1.93. The molecule has 0 atom stereocenters. The van der Waals surface area contributed by atoms with Crippen LogP contribution in [-0.2, 0) is 4.79 Å². The van der Waals surface area contributed by atoms with Gasteiger partial charge in [0, 0.05) is 12.0 Å². The molecule has 2 aromatic rings. The molecule has 0 unspecified atom stereocenters. The second-order valence-corrected chi connectivity index (χ2v) is 5.15. The van der Waals surface area contributed by atoms with E-state index in [1.165, 1.54) is 0 Å². The number of amides is 1. The summed E-state index contributed by atoms with van der Waals surface area (Å²) in [6, 6.07) is 10.3. The predicted molar refractivity (Wildman–Crippen MR) is 77.8 cm³/mol. The topological polar surface area (TPSA) is 59.0 Å². The quantitative estimate of drug-likeness (QED) is 0.890. The standard InChI is InChI=1S/C15H18N4O/c1-16-12-7-11(8-12)15(20)18-13-9-17-19(10-13)14-5-3-2-4-6-14/h2-6,9-12,16H,7-8H2,1H3,(H,18,20). The summed E-state index contributed by atoms with van der Waals surface area (Å²) >= 11 is 0. The molecule has 1 heterocycles. The van der Waals surface area contributed by atoms with Crippen LogP contribution >= 0.6 is 0 Å². The molecular formula is C15H18N4O. The molecule has 0 saturated heterocycles. The minimum Gasteiger partial charge on any atom is -0.323 e. The molecule has 0 radical (unpaired) electrons. The third kappa shape index (κ3) is 2.58. The van der Waals surface area contributed by atoms with Crippen molar-refractivity contribution >= 4 is 11.6 Å². The van der Waals surface area contributed by atoms with Crippen molar-refractivity contribution in [2.45, 2.75) is 18.9 Å². The van der Waals surface area contributed by atoms with Crippen molar-refractivity contribution in [3.63, 3.8) is 0 Å². The van der Waals surface area contributed by atoms with Crippen molar-refractivity contribution in [3.05, 3.63) is 42.7 Å². The van der Waals surface area contributed by atoms with Gasteiger partial charge in [-0.3, -0.25) is 4.79 Å². The highest BCUT2D eigenvalue weighted by atomic mass is 16.1. The molecule has 1 saturated carbocycles. The lowest BCUT2D eigenvalue weighted by Crippen LogP contribution is -2.44. The Morgan fingerprint density at radius 2 is 2.05 bits per heavy atom. The van der Waals surface area contributed by atoms with Crippen LogP contribution in [0.2, 0.25) is 0 Å². The molecule has 20 heavy (non-hydrogen) atoms. The molecule has 5 heteroatoms. The average molecular weight is 270 g/mol. The number of para-hydroxylation sites is 1. The van der Waals surface area contributed by atoms with Gasteiger partial charge in [-0.05, 0) is 32.0 Å². The van der Waals surface area contributed by atoms with Crippen LogP contribution in [0.15, 0.2) is 42.7 Å². The van der Waals surface area contributed by atoms with Crippen molar-refractivity contribution in [1.29, 1.82) is 0 Å². The summed E-state index contributed by atoms with van der Waals surface area (Å²) in [5.74, 6) is 0.205. The Hall–Kier alpha value is -2.14. The highest BCUT2D eigenvalue weighted by molar-refractivity contribution is 5.93. The molecule has 1 aliphatic carbocycles. The van der Waals surface area contributed by atoms with Gasteiger partial charge in [0.15, 0.2) is 0 Å². The van der Waals surface area contributed by atoms with Gasteiger partial charge in [-0.25, -0.2) is 4.68 Å². The van der Waals surface area contributed by atoms with Gasteiger partial charge in [-0.15, -0.1) is 0 Å². The Morgan fingerprint density at radius 1 is 1.30 bits per heavy atom. The molecule has 104 valence electrons. The van der Waals surface area contributed by atoms with E-state index in [1.807, 2.05) is 43.6 Å². The fraction of sp³-hybridized carbons (Fsp3) is 0.333. The number of nitrogens with zero attached hydrogens (tertiary/aromatic N) is 2. The van der Waals surface area contributed by atoms with E-state index in [-0.39, 0.29) is 11.8 Å². The zero-order chi connectivity index (χ0) is 13.9. The van der Waals surface area contributed by atoms with Gasteiger partial charge in [-0.2, -0.15) is 5.10 Å². The Kier molecular flexibility index (Phi) is 3.52. The van der Waals surface area contributed by atoms with Crippen LogP contribution in [-0.4, -0.2) is 28.8 Å². The Morgan fingerprint density at radius 3 is 2.75 bits per heavy atom. The zero-order valence-electron chi connectivity index (χ0n) is 11.4. The van der Waals surface area contributed by atoms with Gasteiger partial charge in [0.25, 0.3) is 0 Å². The number of carbonyl (C=O) groups excluding carboxylic acids is 1. The number of aromatic nitrogens is 2. The summed E-state index contributed by atoms with van der Waals surface area (Å²) in [6.07, 6.45) is 5.34. The van der Waals surface area contributed by atoms with E-state index in [0.29, 0.717) is 6.04 Å². The number of nitrogens with one attached hydrogen (secondary N) is 2. The van der Waals surface area contributed by atoms with Gasteiger partial charge in [0.05, 0.1) is 23.8 Å². The largest absolute Gasteiger partial charge is 0.323 e. The van der Waals surface area contributed by atoms with E-state index < -0.39 is 0 Å². The smallest absolute Gasteiger partial charge is 0.227 e. The predicted octanol–water partition coefficient (Wildman–Crippen LogP) is 1.81. The Bertz CT molecular complexity index is 587. The van der Waals surface area contributed by atoms with E-state index >= 15 is 0 Å². The molecular weight excluding hydrogens is 252 g/mol. The molecule has 3 rings (SSSR count). The van der Waals surface area contributed by atoms with Gasteiger partial charge >= 0.3 is 0 Å². The number of hydrogen-bond donors (Lipinski definition) is 2. The lowest BCUT2D eigenvalue weighted by atomic mass is 9.80. The Labute approximate surface area is 118 Å². The van der Waals surface area contributed by atoms with E-state index in [4.69, 9.17) is 0 Å². The summed E-state index contributed by atoms with van der Waals surface area (Å²) in [5, 5.41) is 10.4. The van der Waals surface area contributed by atoms with E-state index in [9.17, 15) is 4.79 Å². The summed E-state index contributed by atoms with van der Waals surface area (Å²) in [4.78, 5) is 12.0. The lowest BCUT2D eigenvalue weighted by Gasteiger charge is -2.33. The number of hydrogen-bond acceptors (Lipinski definition) is 3. The molecule has 0 bridgehead atoms. The number of rotatable bonds is 4. The maximum atomic E-state index is 12.0. The van der Waals surface area contributed by atoms with E-state index in [2.05, 4.69) is 15.7 Å². The van der Waals surface area contributed by atoms with Crippen LogP contribution in [0.4, 0.5) is 5.69 Å². The van der Waals surface area contributed by atoms with Crippen molar-refractivity contribution < 1.29 is 4.79 Å². The van der Waals surface area contributed by atoms with Gasteiger partial charge in [0.1, 0.15) is 0 Å². The van der Waals surface area contributed by atoms with Crippen LogP contribution in [0.5, 0.6) is 0 Å². The zero-order valence-corrected chi connectivity index (χ0v) is 11.4. The summed E-state index contributed by atoms with van der Waals surface area (Å²) in [5.41, 5.74) is 1.72. The first-order valence-electron chi connectivity index (χ1n) is 6.84. The summed E-state index contributed by atoms with van der Waals surface area (Å²) in [6.45, 7) is 0. The highest BCUT2D eigenvalue weighted by Crippen LogP contribution is 2.28. The van der Waals surface area contributed by atoms with Crippen molar-refractivity contribution in [2.24, 2.45) is 5.92 Å². The fourth-order valence-electron chi connectivity index (χ4n) is 2.42. The molecule has 1 fully saturated rings. The monoisotopic (exact) mass is 270 g/mol. The van der Waals surface area contributed by atoms with Crippen molar-refractivity contribution in [3.8, 4) is 5.69 Å². The molecule has 1 aromatic heterocycles. The first-order chi connectivity index (χ1) is 9.76. The lowest BCUT2D eigenvalue weighted by molar-refractivity contribution is -0.122. The minimum absolute atomic E-state index is 0.0871. The highest BCUT2D eigenvalue weighted by Gasteiger charge is 2.33. The summed E-state index contributed by atoms with van der Waals surface area (Å²) < 4.78 is 1.76. The third-order valence-electron chi connectivity index (χ3n) is 3.79. The third-order valence-corrected chi connectivity index (χ3v) is 3.79. The molecule has 1 aliphatic rings. The molecule has 2 N–H and O–H groups in total. The molecule has 0 spiro atoms. The van der Waals surface area contributed by atoms with Crippen LogP contribution in [0, 0.1) is 5.92 Å². The van der Waals surface area contributed by atoms with Crippen LogP contribution in [0.25, 0.3) is 5.69 Å². The van der Waals surface area contributed by atoms with Crippen molar-refractivity contribution in [1.82, 2.24) is 15.1 Å². The second kappa shape index (κ2) is 5.46. The number of benzene rings is 1. The van der Waals surface area contributed by atoms with E-state index in [0.717, 1.165) is 24.2 Å². The number of carbonyl (C=O) groups is 1. The van der Waals surface area contributed by atoms with Crippen LogP contribution in [0.1, 0.15) is 12.8 Å². The molecule has 1 aromatic carbocycles. The maximum absolute atomic E-state index is 12.0. The SMILES string of the molecule is CNC1CC(C(=O)Nc2cnn(-c3ccccc3)c2)C1. The second-order valence-electron chi connectivity index (χ2n) is 5.15. The van der Waals surface area contributed by atoms with Crippen molar-refractivity contribution in [2.75, 3.05) is 12.4 Å². The Balaban J connectivity index is 1.62.